The maximum atomic E-state index is 12.4. The molecule has 1 N–H and O–H groups in total. The molecule has 21 heavy (non-hydrogen) atoms. The molecule has 7 heteroatoms. The lowest BCUT2D eigenvalue weighted by Crippen LogP contribution is -2.13. The lowest BCUT2D eigenvalue weighted by Gasteiger charge is -2.10. The molecule has 0 spiro atoms. The number of benzene rings is 2. The van der Waals surface area contributed by atoms with Crippen LogP contribution in [0.25, 0.3) is 0 Å². The van der Waals surface area contributed by atoms with E-state index in [1.165, 1.54) is 6.07 Å². The number of hydrogen-bond donors (Lipinski definition) is 1. The first-order valence-electron chi connectivity index (χ1n) is 5.71. The van der Waals surface area contributed by atoms with Crippen LogP contribution in [0.1, 0.15) is 15.9 Å². The van der Waals surface area contributed by atoms with Crippen molar-refractivity contribution in [1.82, 2.24) is 0 Å². The van der Waals surface area contributed by atoms with Gasteiger partial charge in [0, 0.05) is 5.56 Å². The molecule has 1 amide bonds. The number of nitrogens with one attached hydrogen (secondary N) is 1. The highest BCUT2D eigenvalue weighted by molar-refractivity contribution is 6.44. The third kappa shape index (κ3) is 3.68. The highest BCUT2D eigenvalue weighted by Gasteiger charge is 2.30. The van der Waals surface area contributed by atoms with Gasteiger partial charge in [-0.15, -0.1) is 0 Å². The molecule has 2 aromatic carbocycles. The summed E-state index contributed by atoms with van der Waals surface area (Å²) in [5.74, 6) is -0.576. The highest BCUT2D eigenvalue weighted by atomic mass is 35.5. The van der Waals surface area contributed by atoms with E-state index in [4.69, 9.17) is 23.2 Å². The number of carbonyl (C=O) groups excluding carboxylic acids is 1. The number of alkyl halides is 3. The fourth-order valence-electron chi connectivity index (χ4n) is 1.61. The Morgan fingerprint density at radius 3 is 2.19 bits per heavy atom. The van der Waals surface area contributed by atoms with Gasteiger partial charge in [-0.2, -0.15) is 13.2 Å². The highest BCUT2D eigenvalue weighted by Crippen LogP contribution is 2.31. The van der Waals surface area contributed by atoms with E-state index in [0.29, 0.717) is 0 Å². The smallest absolute Gasteiger partial charge is 0.321 e. The molecule has 0 aliphatic rings. The number of rotatable bonds is 2. The number of anilines is 1. The first-order chi connectivity index (χ1) is 9.79. The van der Waals surface area contributed by atoms with Gasteiger partial charge in [0.2, 0.25) is 0 Å². The molecular formula is C14H8Cl2F3NO. The fraction of sp³-hybridized carbons (Fsp3) is 0.0714. The van der Waals surface area contributed by atoms with Crippen molar-refractivity contribution in [3.63, 3.8) is 0 Å². The van der Waals surface area contributed by atoms with Crippen LogP contribution in [0, 0.1) is 0 Å². The summed E-state index contributed by atoms with van der Waals surface area (Å²) in [6.45, 7) is 0. The van der Waals surface area contributed by atoms with Crippen LogP contribution < -0.4 is 5.32 Å². The Labute approximate surface area is 128 Å². The van der Waals surface area contributed by atoms with Crippen molar-refractivity contribution in [2.75, 3.05) is 5.32 Å². The van der Waals surface area contributed by atoms with E-state index in [1.54, 1.807) is 12.1 Å². The van der Waals surface area contributed by atoms with Gasteiger partial charge < -0.3 is 5.32 Å². The zero-order valence-corrected chi connectivity index (χ0v) is 11.9. The van der Waals surface area contributed by atoms with Crippen LogP contribution >= 0.6 is 23.2 Å². The van der Waals surface area contributed by atoms with Crippen molar-refractivity contribution in [3.05, 3.63) is 63.6 Å². The summed E-state index contributed by atoms with van der Waals surface area (Å²) in [4.78, 5) is 11.9. The van der Waals surface area contributed by atoms with Gasteiger partial charge in [-0.25, -0.2) is 0 Å². The molecule has 2 nitrogen and oxygen atoms in total. The minimum atomic E-state index is -4.44. The van der Waals surface area contributed by atoms with Gasteiger partial charge in [0.05, 0.1) is 21.3 Å². The van der Waals surface area contributed by atoms with Crippen LogP contribution in [0.4, 0.5) is 18.9 Å². The summed E-state index contributed by atoms with van der Waals surface area (Å²) < 4.78 is 37.3. The molecule has 2 aromatic rings. The van der Waals surface area contributed by atoms with E-state index < -0.39 is 17.6 Å². The largest absolute Gasteiger partial charge is 0.416 e. The normalized spacial score (nSPS) is 11.3. The van der Waals surface area contributed by atoms with E-state index in [9.17, 15) is 18.0 Å². The lowest BCUT2D eigenvalue weighted by molar-refractivity contribution is -0.137. The number of carbonyl (C=O) groups is 1. The van der Waals surface area contributed by atoms with E-state index in [1.807, 2.05) is 0 Å². The Morgan fingerprint density at radius 2 is 1.62 bits per heavy atom. The average molecular weight is 334 g/mol. The lowest BCUT2D eigenvalue weighted by atomic mass is 10.1. The second kappa shape index (κ2) is 5.95. The molecule has 0 heterocycles. The van der Waals surface area contributed by atoms with Crippen molar-refractivity contribution < 1.29 is 18.0 Å². The molecule has 0 saturated heterocycles. The summed E-state index contributed by atoms with van der Waals surface area (Å²) in [6.07, 6.45) is -4.44. The zero-order valence-electron chi connectivity index (χ0n) is 10.3. The van der Waals surface area contributed by atoms with Gasteiger partial charge in [-0.3, -0.25) is 4.79 Å². The van der Waals surface area contributed by atoms with E-state index in [2.05, 4.69) is 5.32 Å². The Hall–Kier alpha value is -1.72. The van der Waals surface area contributed by atoms with Gasteiger partial charge in [-0.1, -0.05) is 29.3 Å². The summed E-state index contributed by atoms with van der Waals surface area (Å²) >= 11 is 11.7. The molecule has 0 atom stereocenters. The fourth-order valence-corrected chi connectivity index (χ4v) is 1.95. The van der Waals surface area contributed by atoms with Gasteiger partial charge in [0.1, 0.15) is 0 Å². The predicted octanol–water partition coefficient (Wildman–Crippen LogP) is 5.26. The summed E-state index contributed by atoms with van der Waals surface area (Å²) in [7, 11) is 0. The molecule has 2 rings (SSSR count). The molecular weight excluding hydrogens is 326 g/mol. The van der Waals surface area contributed by atoms with Crippen LogP contribution in [-0.2, 0) is 6.18 Å². The molecule has 0 fully saturated rings. The minimum Gasteiger partial charge on any atom is -0.321 e. The molecule has 110 valence electrons. The molecule has 0 bridgehead atoms. The number of amides is 1. The van der Waals surface area contributed by atoms with Crippen molar-refractivity contribution in [2.24, 2.45) is 0 Å². The quantitative estimate of drug-likeness (QED) is 0.797. The summed E-state index contributed by atoms with van der Waals surface area (Å²) in [5.41, 5.74) is -0.451. The second-order valence-corrected chi connectivity index (χ2v) is 4.92. The van der Waals surface area contributed by atoms with Crippen LogP contribution in [0.5, 0.6) is 0 Å². The second-order valence-electron chi connectivity index (χ2n) is 4.13. The number of hydrogen-bond acceptors (Lipinski definition) is 1. The monoisotopic (exact) mass is 333 g/mol. The van der Waals surface area contributed by atoms with E-state index in [-0.39, 0.29) is 21.3 Å². The first-order valence-corrected chi connectivity index (χ1v) is 6.47. The molecule has 0 radical (unpaired) electrons. The summed E-state index contributed by atoms with van der Waals surface area (Å²) in [6, 6.07) is 8.56. The van der Waals surface area contributed by atoms with Gasteiger partial charge in [-0.05, 0) is 36.4 Å². The summed E-state index contributed by atoms with van der Waals surface area (Å²) in [5, 5.41) is 2.92. The Balaban J connectivity index is 2.19. The molecule has 0 aliphatic carbocycles. The van der Waals surface area contributed by atoms with Gasteiger partial charge >= 0.3 is 6.18 Å². The topological polar surface area (TPSA) is 29.1 Å². The molecule has 0 unspecified atom stereocenters. The van der Waals surface area contributed by atoms with Crippen LogP contribution in [-0.4, -0.2) is 5.91 Å². The predicted molar refractivity (Wildman–Crippen MR) is 75.9 cm³/mol. The van der Waals surface area contributed by atoms with Crippen LogP contribution in [0.3, 0.4) is 0 Å². The van der Waals surface area contributed by atoms with Crippen molar-refractivity contribution in [1.29, 1.82) is 0 Å². The Morgan fingerprint density at radius 1 is 1.00 bits per heavy atom. The zero-order chi connectivity index (χ0) is 15.6. The van der Waals surface area contributed by atoms with Crippen molar-refractivity contribution in [3.8, 4) is 0 Å². The average Bonchev–Trinajstić information content (AvgIpc) is 2.43. The third-order valence-corrected chi connectivity index (χ3v) is 3.49. The van der Waals surface area contributed by atoms with Gasteiger partial charge in [0.15, 0.2) is 0 Å². The minimum absolute atomic E-state index is 0.0824. The standard InChI is InChI=1S/C14H8Cl2F3NO/c15-10-2-1-3-11(12(10)16)20-13(21)8-4-6-9(7-5-8)14(17,18)19/h1-7H,(H,20,21). The third-order valence-electron chi connectivity index (χ3n) is 2.67. The van der Waals surface area contributed by atoms with E-state index in [0.717, 1.165) is 24.3 Å². The van der Waals surface area contributed by atoms with Crippen molar-refractivity contribution >= 4 is 34.8 Å². The van der Waals surface area contributed by atoms with Crippen LogP contribution in [0.15, 0.2) is 42.5 Å². The van der Waals surface area contributed by atoms with Crippen LogP contribution in [0.2, 0.25) is 10.0 Å². The molecule has 0 aromatic heterocycles. The first kappa shape index (κ1) is 15.7. The number of halogens is 5. The van der Waals surface area contributed by atoms with Gasteiger partial charge in [0.25, 0.3) is 5.91 Å². The Bertz CT molecular complexity index is 669. The Kier molecular flexibility index (Phi) is 4.44. The molecule has 0 aliphatic heterocycles. The SMILES string of the molecule is O=C(Nc1cccc(Cl)c1Cl)c1ccc(C(F)(F)F)cc1. The maximum Gasteiger partial charge on any atom is 0.416 e. The van der Waals surface area contributed by atoms with Crippen molar-refractivity contribution in [2.45, 2.75) is 6.18 Å². The molecule has 0 saturated carbocycles. The van der Waals surface area contributed by atoms with E-state index >= 15 is 0 Å². The maximum absolute atomic E-state index is 12.4.